The molecule has 0 saturated heterocycles. The number of ether oxygens (including phenoxy) is 3. The van der Waals surface area contributed by atoms with Gasteiger partial charge in [0, 0.05) is 5.56 Å². The van der Waals surface area contributed by atoms with Gasteiger partial charge in [-0.25, -0.2) is 0 Å². The molecule has 0 saturated carbocycles. The van der Waals surface area contributed by atoms with Gasteiger partial charge in [0.2, 0.25) is 11.2 Å². The number of hydrogen-bond donors (Lipinski definition) is 0. The van der Waals surface area contributed by atoms with Gasteiger partial charge in [-0.1, -0.05) is 6.07 Å². The van der Waals surface area contributed by atoms with Crippen LogP contribution in [0, 0.1) is 6.92 Å². The van der Waals surface area contributed by atoms with Crippen molar-refractivity contribution in [3.05, 3.63) is 52.2 Å². The molecule has 6 nitrogen and oxygen atoms in total. The maximum absolute atomic E-state index is 13.1. The lowest BCUT2D eigenvalue weighted by Gasteiger charge is -2.16. The van der Waals surface area contributed by atoms with Gasteiger partial charge in [-0.2, -0.15) is 0 Å². The molecule has 146 valence electrons. The minimum atomic E-state index is -0.787. The van der Waals surface area contributed by atoms with E-state index in [1.54, 1.807) is 44.4 Å². The smallest absolute Gasteiger partial charge is 0.235 e. The van der Waals surface area contributed by atoms with Gasteiger partial charge in [0.05, 0.1) is 19.6 Å². The van der Waals surface area contributed by atoms with Gasteiger partial charge >= 0.3 is 0 Å². The van der Waals surface area contributed by atoms with Gasteiger partial charge in [0.1, 0.15) is 5.58 Å². The summed E-state index contributed by atoms with van der Waals surface area (Å²) >= 11 is 0. The van der Waals surface area contributed by atoms with E-state index in [0.29, 0.717) is 28.0 Å². The molecule has 1 heterocycles. The first-order chi connectivity index (χ1) is 13.3. The van der Waals surface area contributed by atoms with Crippen molar-refractivity contribution in [3.63, 3.8) is 0 Å². The van der Waals surface area contributed by atoms with E-state index in [0.717, 1.165) is 5.56 Å². The van der Waals surface area contributed by atoms with E-state index in [1.165, 1.54) is 14.0 Å². The second-order valence-electron chi connectivity index (χ2n) is 6.53. The average molecular weight is 382 g/mol. The fourth-order valence-electron chi connectivity index (χ4n) is 2.82. The maximum atomic E-state index is 13.1. The highest BCUT2D eigenvalue weighted by molar-refractivity contribution is 5.84. The zero-order valence-electron chi connectivity index (χ0n) is 16.5. The lowest BCUT2D eigenvalue weighted by molar-refractivity contribution is -0.122. The molecule has 0 unspecified atom stereocenters. The second kappa shape index (κ2) is 7.76. The number of methoxy groups -OCH3 is 2. The number of carbonyl (C=O) groups is 1. The van der Waals surface area contributed by atoms with Crippen molar-refractivity contribution in [2.45, 2.75) is 26.9 Å². The Bertz CT molecular complexity index is 1100. The van der Waals surface area contributed by atoms with Crippen LogP contribution < -0.4 is 19.6 Å². The molecule has 0 amide bonds. The standard InChI is InChI=1S/C22H22O6/c1-12-6-8-16-18(10-12)28-21(22(20(16)24)27-14(3)13(2)23)15-7-9-17(25-4)19(11-15)26-5/h6-11,14H,1-5H3/t14-/m0/s1. The molecule has 3 rings (SSSR count). The van der Waals surface area contributed by atoms with Crippen molar-refractivity contribution in [1.82, 2.24) is 0 Å². The SMILES string of the molecule is COc1ccc(-c2oc3cc(C)ccc3c(=O)c2O[C@@H](C)C(C)=O)cc1OC. The summed E-state index contributed by atoms with van der Waals surface area (Å²) in [5.74, 6) is 1.06. The summed E-state index contributed by atoms with van der Waals surface area (Å²) < 4.78 is 22.4. The summed E-state index contributed by atoms with van der Waals surface area (Å²) in [6, 6.07) is 10.5. The van der Waals surface area contributed by atoms with E-state index in [9.17, 15) is 9.59 Å². The van der Waals surface area contributed by atoms with Crippen molar-refractivity contribution in [2.75, 3.05) is 14.2 Å². The zero-order chi connectivity index (χ0) is 20.4. The van der Waals surface area contributed by atoms with E-state index < -0.39 is 6.10 Å². The first-order valence-electron chi connectivity index (χ1n) is 8.82. The van der Waals surface area contributed by atoms with Gasteiger partial charge in [-0.15, -0.1) is 0 Å². The molecule has 0 fully saturated rings. The normalized spacial score (nSPS) is 11.9. The van der Waals surface area contributed by atoms with Crippen LogP contribution >= 0.6 is 0 Å². The minimum Gasteiger partial charge on any atom is -0.493 e. The van der Waals surface area contributed by atoms with Crippen molar-refractivity contribution in [2.24, 2.45) is 0 Å². The molecule has 6 heteroatoms. The Kier molecular flexibility index (Phi) is 5.40. The summed E-state index contributed by atoms with van der Waals surface area (Å²) in [5.41, 5.74) is 1.64. The van der Waals surface area contributed by atoms with Crippen molar-refractivity contribution in [3.8, 4) is 28.6 Å². The van der Waals surface area contributed by atoms with Gasteiger partial charge < -0.3 is 18.6 Å². The highest BCUT2D eigenvalue weighted by Crippen LogP contribution is 2.37. The van der Waals surface area contributed by atoms with E-state index in [4.69, 9.17) is 18.6 Å². The Balaban J connectivity index is 2.30. The first-order valence-corrected chi connectivity index (χ1v) is 8.82. The third kappa shape index (κ3) is 3.58. The van der Waals surface area contributed by atoms with Gasteiger partial charge in [0.25, 0.3) is 0 Å². The largest absolute Gasteiger partial charge is 0.493 e. The fourth-order valence-corrected chi connectivity index (χ4v) is 2.82. The topological polar surface area (TPSA) is 75.0 Å². The Morgan fingerprint density at radius 1 is 1.04 bits per heavy atom. The van der Waals surface area contributed by atoms with Crippen molar-refractivity contribution in [1.29, 1.82) is 0 Å². The summed E-state index contributed by atoms with van der Waals surface area (Å²) in [7, 11) is 3.07. The highest BCUT2D eigenvalue weighted by atomic mass is 16.5. The van der Waals surface area contributed by atoms with Crippen LogP contribution in [0.15, 0.2) is 45.6 Å². The van der Waals surface area contributed by atoms with E-state index in [2.05, 4.69) is 0 Å². The summed E-state index contributed by atoms with van der Waals surface area (Å²) in [4.78, 5) is 24.8. The fraction of sp³-hybridized carbons (Fsp3) is 0.273. The van der Waals surface area contributed by atoms with E-state index >= 15 is 0 Å². The molecular formula is C22H22O6. The van der Waals surface area contributed by atoms with Gasteiger partial charge in [0.15, 0.2) is 29.1 Å². The molecule has 1 aromatic heterocycles. The number of hydrogen-bond acceptors (Lipinski definition) is 6. The van der Waals surface area contributed by atoms with E-state index in [1.807, 2.05) is 13.0 Å². The number of Topliss-reactive ketones (excluding diaryl/α,β-unsaturated/α-hetero) is 1. The van der Waals surface area contributed by atoms with Crippen LogP contribution in [0.5, 0.6) is 17.2 Å². The third-order valence-corrected chi connectivity index (χ3v) is 4.52. The number of carbonyl (C=O) groups excluding carboxylic acids is 1. The maximum Gasteiger partial charge on any atom is 0.235 e. The van der Waals surface area contributed by atoms with Crippen molar-refractivity contribution < 1.29 is 23.4 Å². The summed E-state index contributed by atoms with van der Waals surface area (Å²) in [5, 5.41) is 0.389. The Morgan fingerprint density at radius 3 is 2.39 bits per heavy atom. The van der Waals surface area contributed by atoms with E-state index in [-0.39, 0.29) is 22.7 Å². The Labute approximate surface area is 162 Å². The number of rotatable bonds is 6. The van der Waals surface area contributed by atoms with Crippen LogP contribution in [0.4, 0.5) is 0 Å². The van der Waals surface area contributed by atoms with Gasteiger partial charge in [-0.3, -0.25) is 9.59 Å². The number of aryl methyl sites for hydroxylation is 1. The average Bonchev–Trinajstić information content (AvgIpc) is 2.68. The van der Waals surface area contributed by atoms with Crippen LogP contribution in [-0.4, -0.2) is 26.1 Å². The predicted molar refractivity (Wildman–Crippen MR) is 107 cm³/mol. The highest BCUT2D eigenvalue weighted by Gasteiger charge is 2.22. The van der Waals surface area contributed by atoms with Gasteiger partial charge in [-0.05, 0) is 56.7 Å². The monoisotopic (exact) mass is 382 g/mol. The molecule has 0 N–H and O–H groups in total. The van der Waals surface area contributed by atoms with Crippen LogP contribution in [-0.2, 0) is 4.79 Å². The molecule has 1 atom stereocenters. The quantitative estimate of drug-likeness (QED) is 0.638. The van der Waals surface area contributed by atoms with Crippen molar-refractivity contribution >= 4 is 16.8 Å². The molecule has 0 spiro atoms. The number of benzene rings is 2. The molecule has 0 aliphatic rings. The minimum absolute atomic E-state index is 0.00808. The second-order valence-corrected chi connectivity index (χ2v) is 6.53. The molecular weight excluding hydrogens is 360 g/mol. The molecule has 0 aliphatic carbocycles. The van der Waals surface area contributed by atoms with Crippen LogP contribution in [0.2, 0.25) is 0 Å². The number of fused-ring (bicyclic) bond motifs is 1. The van der Waals surface area contributed by atoms with Crippen LogP contribution in [0.1, 0.15) is 19.4 Å². The molecule has 0 radical (unpaired) electrons. The summed E-state index contributed by atoms with van der Waals surface area (Å²) in [6.07, 6.45) is -0.787. The molecule has 0 bridgehead atoms. The first kappa shape index (κ1) is 19.5. The zero-order valence-corrected chi connectivity index (χ0v) is 16.5. The van der Waals surface area contributed by atoms with Crippen LogP contribution in [0.25, 0.3) is 22.3 Å². The lowest BCUT2D eigenvalue weighted by atomic mass is 10.1. The molecule has 2 aromatic carbocycles. The third-order valence-electron chi connectivity index (χ3n) is 4.52. The number of ketones is 1. The Morgan fingerprint density at radius 2 is 1.75 bits per heavy atom. The summed E-state index contributed by atoms with van der Waals surface area (Å²) in [6.45, 7) is 4.92. The predicted octanol–water partition coefficient (Wildman–Crippen LogP) is 4.14. The molecule has 0 aliphatic heterocycles. The Hall–Kier alpha value is -3.28. The lowest BCUT2D eigenvalue weighted by Crippen LogP contribution is -2.24. The molecule has 28 heavy (non-hydrogen) atoms. The van der Waals surface area contributed by atoms with Crippen LogP contribution in [0.3, 0.4) is 0 Å². The molecule has 3 aromatic rings.